The fourth-order valence-electron chi connectivity index (χ4n) is 1.59. The van der Waals surface area contributed by atoms with Crippen LogP contribution in [-0.2, 0) is 6.54 Å². The molecule has 0 aliphatic rings. The summed E-state index contributed by atoms with van der Waals surface area (Å²) in [7, 11) is 0. The molecule has 86 valence electrons. The van der Waals surface area contributed by atoms with Crippen LogP contribution in [0.5, 0.6) is 0 Å². The van der Waals surface area contributed by atoms with E-state index in [-0.39, 0.29) is 0 Å². The number of nitrogens with zero attached hydrogens (tertiary/aromatic N) is 3. The first kappa shape index (κ1) is 12.5. The summed E-state index contributed by atoms with van der Waals surface area (Å²) < 4.78 is 2.02. The second kappa shape index (κ2) is 5.50. The van der Waals surface area contributed by atoms with Crippen LogP contribution in [0.4, 0.5) is 0 Å². The largest absolute Gasteiger partial charge is 0.302 e. The highest BCUT2D eigenvalue weighted by Crippen LogP contribution is 2.18. The Morgan fingerprint density at radius 2 is 1.87 bits per heavy atom. The van der Waals surface area contributed by atoms with Crippen LogP contribution >= 0.6 is 11.6 Å². The van der Waals surface area contributed by atoms with Crippen LogP contribution in [0.1, 0.15) is 52.3 Å². The van der Waals surface area contributed by atoms with Gasteiger partial charge in [-0.2, -0.15) is 0 Å². The maximum absolute atomic E-state index is 5.99. The summed E-state index contributed by atoms with van der Waals surface area (Å²) in [6.07, 6.45) is 2.35. The van der Waals surface area contributed by atoms with Crippen molar-refractivity contribution in [3.05, 3.63) is 11.1 Å². The average molecular weight is 230 g/mol. The van der Waals surface area contributed by atoms with Crippen LogP contribution < -0.4 is 0 Å². The number of hydrogen-bond acceptors (Lipinski definition) is 2. The van der Waals surface area contributed by atoms with E-state index in [1.807, 2.05) is 4.57 Å². The minimum Gasteiger partial charge on any atom is -0.302 e. The third-order valence-corrected chi connectivity index (χ3v) is 2.69. The highest BCUT2D eigenvalue weighted by Gasteiger charge is 2.12. The van der Waals surface area contributed by atoms with Crippen molar-refractivity contribution in [1.29, 1.82) is 0 Å². The lowest BCUT2D eigenvalue weighted by atomic mass is 10.1. The number of hydrogen-bond donors (Lipinski definition) is 0. The smallest absolute Gasteiger partial charge is 0.225 e. The monoisotopic (exact) mass is 229 g/mol. The predicted molar refractivity (Wildman–Crippen MR) is 63.2 cm³/mol. The molecule has 0 saturated heterocycles. The molecular formula is C11H20ClN3. The zero-order valence-corrected chi connectivity index (χ0v) is 10.8. The second-order valence-electron chi connectivity index (χ2n) is 4.67. The van der Waals surface area contributed by atoms with Gasteiger partial charge in [0.2, 0.25) is 5.28 Å². The van der Waals surface area contributed by atoms with Gasteiger partial charge in [-0.05, 0) is 30.4 Å². The molecule has 0 aliphatic heterocycles. The summed E-state index contributed by atoms with van der Waals surface area (Å²) in [5.41, 5.74) is 0. The summed E-state index contributed by atoms with van der Waals surface area (Å²) in [6.45, 7) is 9.62. The summed E-state index contributed by atoms with van der Waals surface area (Å²) in [6, 6.07) is 0. The molecule has 0 unspecified atom stereocenters. The fraction of sp³-hybridized carbons (Fsp3) is 0.818. The summed E-state index contributed by atoms with van der Waals surface area (Å²) in [5.74, 6) is 2.11. The van der Waals surface area contributed by atoms with Crippen LogP contribution in [0.2, 0.25) is 5.28 Å². The van der Waals surface area contributed by atoms with Gasteiger partial charge in [0.15, 0.2) is 0 Å². The molecule has 0 amide bonds. The normalized spacial score (nSPS) is 11.7. The standard InChI is InChI=1S/C11H20ClN3/c1-8(2)6-5-7-15-10(9(3)4)13-14-11(15)12/h8-9H,5-7H2,1-4H3. The molecule has 0 aromatic carbocycles. The van der Waals surface area contributed by atoms with Crippen molar-refractivity contribution in [1.82, 2.24) is 14.8 Å². The van der Waals surface area contributed by atoms with E-state index in [9.17, 15) is 0 Å². The van der Waals surface area contributed by atoms with Crippen LogP contribution in [0.3, 0.4) is 0 Å². The number of aromatic nitrogens is 3. The zero-order chi connectivity index (χ0) is 11.4. The van der Waals surface area contributed by atoms with Crippen LogP contribution in [0, 0.1) is 5.92 Å². The SMILES string of the molecule is CC(C)CCCn1c(Cl)nnc1C(C)C. The molecule has 1 heterocycles. The molecule has 0 atom stereocenters. The van der Waals surface area contributed by atoms with Gasteiger partial charge in [-0.3, -0.25) is 0 Å². The van der Waals surface area contributed by atoms with E-state index in [1.165, 1.54) is 6.42 Å². The first-order valence-corrected chi connectivity index (χ1v) is 5.98. The summed E-state index contributed by atoms with van der Waals surface area (Å²) in [5, 5.41) is 8.52. The molecule has 0 bridgehead atoms. The van der Waals surface area contributed by atoms with E-state index >= 15 is 0 Å². The molecule has 15 heavy (non-hydrogen) atoms. The number of rotatable bonds is 5. The molecule has 0 radical (unpaired) electrons. The van der Waals surface area contributed by atoms with E-state index < -0.39 is 0 Å². The van der Waals surface area contributed by atoms with Crippen molar-refractivity contribution in [2.24, 2.45) is 5.92 Å². The maximum atomic E-state index is 5.99. The maximum Gasteiger partial charge on any atom is 0.225 e. The third-order valence-electron chi connectivity index (χ3n) is 2.41. The van der Waals surface area contributed by atoms with Crippen molar-refractivity contribution in [2.45, 2.75) is 53.0 Å². The Kier molecular flexibility index (Phi) is 4.58. The molecule has 0 fully saturated rings. The first-order valence-electron chi connectivity index (χ1n) is 5.61. The Morgan fingerprint density at radius 3 is 2.40 bits per heavy atom. The molecule has 0 spiro atoms. The third kappa shape index (κ3) is 3.49. The number of halogens is 1. The van der Waals surface area contributed by atoms with Gasteiger partial charge >= 0.3 is 0 Å². The average Bonchev–Trinajstić information content (AvgIpc) is 2.47. The molecule has 0 aliphatic carbocycles. The van der Waals surface area contributed by atoms with Crippen molar-refractivity contribution in [3.63, 3.8) is 0 Å². The van der Waals surface area contributed by atoms with Crippen LogP contribution in [-0.4, -0.2) is 14.8 Å². The van der Waals surface area contributed by atoms with E-state index in [0.29, 0.717) is 11.2 Å². The topological polar surface area (TPSA) is 30.7 Å². The molecule has 1 aromatic rings. The van der Waals surface area contributed by atoms with Crippen molar-refractivity contribution in [2.75, 3.05) is 0 Å². The molecule has 1 aromatic heterocycles. The van der Waals surface area contributed by atoms with E-state index in [1.54, 1.807) is 0 Å². The minimum absolute atomic E-state index is 0.379. The fourth-order valence-corrected chi connectivity index (χ4v) is 1.80. The van der Waals surface area contributed by atoms with Crippen LogP contribution in [0.15, 0.2) is 0 Å². The quantitative estimate of drug-likeness (QED) is 0.774. The van der Waals surface area contributed by atoms with E-state index in [4.69, 9.17) is 11.6 Å². The van der Waals surface area contributed by atoms with E-state index in [0.717, 1.165) is 24.7 Å². The summed E-state index contributed by atoms with van der Waals surface area (Å²) in [4.78, 5) is 0. The van der Waals surface area contributed by atoms with Gasteiger partial charge in [-0.25, -0.2) is 0 Å². The van der Waals surface area contributed by atoms with Gasteiger partial charge in [0.05, 0.1) is 0 Å². The Hall–Kier alpha value is -0.570. The van der Waals surface area contributed by atoms with E-state index in [2.05, 4.69) is 37.9 Å². The molecular weight excluding hydrogens is 210 g/mol. The lowest BCUT2D eigenvalue weighted by molar-refractivity contribution is 0.499. The van der Waals surface area contributed by atoms with Crippen molar-refractivity contribution in [3.8, 4) is 0 Å². The Bertz CT molecular complexity index is 305. The Labute approximate surface area is 96.8 Å². The van der Waals surface area contributed by atoms with Gasteiger partial charge in [0.1, 0.15) is 5.82 Å². The predicted octanol–water partition coefficient (Wildman–Crippen LogP) is 3.49. The van der Waals surface area contributed by atoms with Crippen LogP contribution in [0.25, 0.3) is 0 Å². The lowest BCUT2D eigenvalue weighted by Crippen LogP contribution is -2.06. The summed E-state index contributed by atoms with van der Waals surface area (Å²) >= 11 is 5.99. The van der Waals surface area contributed by atoms with Crippen molar-refractivity contribution >= 4 is 11.6 Å². The molecule has 3 nitrogen and oxygen atoms in total. The van der Waals surface area contributed by atoms with Gasteiger partial charge in [-0.1, -0.05) is 27.7 Å². The van der Waals surface area contributed by atoms with Gasteiger partial charge < -0.3 is 4.57 Å². The second-order valence-corrected chi connectivity index (χ2v) is 5.01. The molecule has 4 heteroatoms. The zero-order valence-electron chi connectivity index (χ0n) is 10.00. The highest BCUT2D eigenvalue weighted by atomic mass is 35.5. The van der Waals surface area contributed by atoms with Gasteiger partial charge in [-0.15, -0.1) is 10.2 Å². The van der Waals surface area contributed by atoms with Crippen molar-refractivity contribution < 1.29 is 0 Å². The Balaban J connectivity index is 2.62. The Morgan fingerprint density at radius 1 is 1.20 bits per heavy atom. The molecule has 0 saturated carbocycles. The highest BCUT2D eigenvalue weighted by molar-refractivity contribution is 6.28. The lowest BCUT2D eigenvalue weighted by Gasteiger charge is -2.10. The first-order chi connectivity index (χ1) is 7.02. The minimum atomic E-state index is 0.379. The van der Waals surface area contributed by atoms with Gasteiger partial charge in [0.25, 0.3) is 0 Å². The molecule has 0 N–H and O–H groups in total. The molecule has 1 rings (SSSR count). The van der Waals surface area contributed by atoms with Gasteiger partial charge in [0, 0.05) is 12.5 Å².